The first kappa shape index (κ1) is 15.2. The standard InChI is InChI=1S/C15H13BrN2O3/c1-2-21-15(20)10-5-6-13(12(16)8-10)18-14(19)11-4-3-7-17-9-11/h3-9H,2H2,1H3,(H,18,19). The van der Waals surface area contributed by atoms with Crippen molar-refractivity contribution < 1.29 is 14.3 Å². The van der Waals surface area contributed by atoms with Gasteiger partial charge in [0.1, 0.15) is 0 Å². The molecule has 2 rings (SSSR count). The summed E-state index contributed by atoms with van der Waals surface area (Å²) in [5.74, 6) is -0.670. The quantitative estimate of drug-likeness (QED) is 0.861. The molecule has 1 N–H and O–H groups in total. The van der Waals surface area contributed by atoms with Crippen molar-refractivity contribution in [2.75, 3.05) is 11.9 Å². The number of benzene rings is 1. The highest BCUT2D eigenvalue weighted by Crippen LogP contribution is 2.24. The number of aromatic nitrogens is 1. The van der Waals surface area contributed by atoms with Crippen LogP contribution in [0.25, 0.3) is 0 Å². The molecule has 0 spiro atoms. The summed E-state index contributed by atoms with van der Waals surface area (Å²) in [4.78, 5) is 27.5. The number of nitrogens with zero attached hydrogens (tertiary/aromatic N) is 1. The van der Waals surface area contributed by atoms with E-state index in [2.05, 4.69) is 26.2 Å². The summed E-state index contributed by atoms with van der Waals surface area (Å²) in [6.07, 6.45) is 3.08. The van der Waals surface area contributed by atoms with Gasteiger partial charge < -0.3 is 10.1 Å². The van der Waals surface area contributed by atoms with Gasteiger partial charge in [-0.3, -0.25) is 9.78 Å². The summed E-state index contributed by atoms with van der Waals surface area (Å²) in [7, 11) is 0. The molecule has 108 valence electrons. The molecule has 0 saturated heterocycles. The second kappa shape index (κ2) is 6.99. The molecule has 2 aromatic rings. The van der Waals surface area contributed by atoms with Crippen LogP contribution in [-0.2, 0) is 4.74 Å². The lowest BCUT2D eigenvalue weighted by Gasteiger charge is -2.09. The summed E-state index contributed by atoms with van der Waals surface area (Å²) >= 11 is 3.33. The topological polar surface area (TPSA) is 68.3 Å². The van der Waals surface area contributed by atoms with E-state index < -0.39 is 5.97 Å². The Hall–Kier alpha value is -2.21. The highest BCUT2D eigenvalue weighted by Gasteiger charge is 2.12. The number of hydrogen-bond acceptors (Lipinski definition) is 4. The minimum absolute atomic E-state index is 0.271. The first-order chi connectivity index (χ1) is 10.1. The highest BCUT2D eigenvalue weighted by molar-refractivity contribution is 9.10. The smallest absolute Gasteiger partial charge is 0.338 e. The maximum Gasteiger partial charge on any atom is 0.338 e. The van der Waals surface area contributed by atoms with Gasteiger partial charge in [0.2, 0.25) is 0 Å². The molecule has 0 unspecified atom stereocenters. The van der Waals surface area contributed by atoms with E-state index in [0.717, 1.165) is 0 Å². The zero-order chi connectivity index (χ0) is 15.2. The fourth-order valence-corrected chi connectivity index (χ4v) is 2.13. The Bertz CT molecular complexity index is 659. The van der Waals surface area contributed by atoms with Crippen LogP contribution < -0.4 is 5.32 Å². The van der Waals surface area contributed by atoms with Crippen LogP contribution in [-0.4, -0.2) is 23.5 Å². The lowest BCUT2D eigenvalue weighted by molar-refractivity contribution is 0.0526. The van der Waals surface area contributed by atoms with E-state index in [0.29, 0.717) is 27.9 Å². The van der Waals surface area contributed by atoms with E-state index in [1.54, 1.807) is 43.5 Å². The Balaban J connectivity index is 2.15. The Labute approximate surface area is 130 Å². The number of hydrogen-bond donors (Lipinski definition) is 1. The molecule has 0 radical (unpaired) electrons. The number of anilines is 1. The first-order valence-electron chi connectivity index (χ1n) is 6.30. The zero-order valence-corrected chi connectivity index (χ0v) is 12.9. The molecule has 0 fully saturated rings. The van der Waals surface area contributed by atoms with Crippen molar-refractivity contribution in [1.82, 2.24) is 4.98 Å². The number of ether oxygens (including phenoxy) is 1. The van der Waals surface area contributed by atoms with E-state index in [4.69, 9.17) is 4.74 Å². The van der Waals surface area contributed by atoms with Crippen molar-refractivity contribution in [3.63, 3.8) is 0 Å². The third-order valence-corrected chi connectivity index (χ3v) is 3.31. The third kappa shape index (κ3) is 3.88. The molecule has 0 aliphatic heterocycles. The molecule has 0 aliphatic rings. The van der Waals surface area contributed by atoms with Crippen LogP contribution >= 0.6 is 15.9 Å². The predicted octanol–water partition coefficient (Wildman–Crippen LogP) is 3.27. The van der Waals surface area contributed by atoms with Crippen molar-refractivity contribution in [2.24, 2.45) is 0 Å². The van der Waals surface area contributed by atoms with Crippen LogP contribution in [0.2, 0.25) is 0 Å². The molecule has 1 heterocycles. The van der Waals surface area contributed by atoms with Crippen molar-refractivity contribution in [3.05, 3.63) is 58.3 Å². The Kier molecular flexibility index (Phi) is 5.05. The minimum atomic E-state index is -0.400. The normalized spacial score (nSPS) is 10.0. The SMILES string of the molecule is CCOC(=O)c1ccc(NC(=O)c2cccnc2)c(Br)c1. The summed E-state index contributed by atoms with van der Waals surface area (Å²) in [6.45, 7) is 2.06. The van der Waals surface area contributed by atoms with Gasteiger partial charge in [0.25, 0.3) is 5.91 Å². The van der Waals surface area contributed by atoms with Crippen LogP contribution in [0.15, 0.2) is 47.2 Å². The molecule has 0 aliphatic carbocycles. The van der Waals surface area contributed by atoms with Crippen LogP contribution in [0.1, 0.15) is 27.6 Å². The number of pyridine rings is 1. The molecule has 1 amide bonds. The fourth-order valence-electron chi connectivity index (χ4n) is 1.65. The lowest BCUT2D eigenvalue weighted by Crippen LogP contribution is -2.13. The van der Waals surface area contributed by atoms with Gasteiger partial charge in [-0.05, 0) is 53.2 Å². The second-order valence-corrected chi connectivity index (χ2v) is 4.97. The molecule has 1 aromatic heterocycles. The van der Waals surface area contributed by atoms with Crippen molar-refractivity contribution in [1.29, 1.82) is 0 Å². The minimum Gasteiger partial charge on any atom is -0.462 e. The van der Waals surface area contributed by atoms with Gasteiger partial charge in [-0.1, -0.05) is 0 Å². The van der Waals surface area contributed by atoms with E-state index in [-0.39, 0.29) is 5.91 Å². The second-order valence-electron chi connectivity index (χ2n) is 4.11. The Morgan fingerprint density at radius 2 is 2.10 bits per heavy atom. The fraction of sp³-hybridized carbons (Fsp3) is 0.133. The van der Waals surface area contributed by atoms with E-state index >= 15 is 0 Å². The molecule has 0 saturated carbocycles. The number of nitrogens with one attached hydrogen (secondary N) is 1. The average molecular weight is 349 g/mol. The summed E-state index contributed by atoms with van der Waals surface area (Å²) in [5.41, 5.74) is 1.44. The number of rotatable bonds is 4. The van der Waals surface area contributed by atoms with Gasteiger partial charge in [-0.15, -0.1) is 0 Å². The molecule has 1 aromatic carbocycles. The van der Waals surface area contributed by atoms with Gasteiger partial charge in [0.05, 0.1) is 23.4 Å². The third-order valence-electron chi connectivity index (χ3n) is 2.65. The number of carbonyl (C=O) groups is 2. The summed E-state index contributed by atoms with van der Waals surface area (Å²) in [5, 5.41) is 2.75. The zero-order valence-electron chi connectivity index (χ0n) is 11.3. The van der Waals surface area contributed by atoms with Crippen molar-refractivity contribution in [3.8, 4) is 0 Å². The number of halogens is 1. The number of amides is 1. The average Bonchev–Trinajstić information content (AvgIpc) is 2.50. The van der Waals surface area contributed by atoms with Crippen LogP contribution in [0.3, 0.4) is 0 Å². The lowest BCUT2D eigenvalue weighted by atomic mass is 10.2. The molecular formula is C15H13BrN2O3. The monoisotopic (exact) mass is 348 g/mol. The van der Waals surface area contributed by atoms with Crippen LogP contribution in [0.5, 0.6) is 0 Å². The van der Waals surface area contributed by atoms with Gasteiger partial charge in [-0.25, -0.2) is 4.79 Å². The maximum absolute atomic E-state index is 12.0. The molecule has 21 heavy (non-hydrogen) atoms. The number of carbonyl (C=O) groups excluding carboxylic acids is 2. The van der Waals surface area contributed by atoms with E-state index in [1.165, 1.54) is 6.20 Å². The van der Waals surface area contributed by atoms with E-state index in [1.807, 2.05) is 0 Å². The molecule has 5 nitrogen and oxygen atoms in total. The largest absolute Gasteiger partial charge is 0.462 e. The van der Waals surface area contributed by atoms with Gasteiger partial charge in [-0.2, -0.15) is 0 Å². The van der Waals surface area contributed by atoms with Crippen LogP contribution in [0, 0.1) is 0 Å². The number of esters is 1. The highest BCUT2D eigenvalue weighted by atomic mass is 79.9. The van der Waals surface area contributed by atoms with Gasteiger partial charge in [0, 0.05) is 16.9 Å². The summed E-state index contributed by atoms with van der Waals surface area (Å²) in [6, 6.07) is 8.21. The molecular weight excluding hydrogens is 336 g/mol. The predicted molar refractivity (Wildman–Crippen MR) is 82.3 cm³/mol. The molecule has 6 heteroatoms. The van der Waals surface area contributed by atoms with Crippen LogP contribution in [0.4, 0.5) is 5.69 Å². The summed E-state index contributed by atoms with van der Waals surface area (Å²) < 4.78 is 5.52. The maximum atomic E-state index is 12.0. The van der Waals surface area contributed by atoms with Gasteiger partial charge in [0.15, 0.2) is 0 Å². The Morgan fingerprint density at radius 3 is 2.71 bits per heavy atom. The Morgan fingerprint density at radius 1 is 1.29 bits per heavy atom. The molecule has 0 atom stereocenters. The first-order valence-corrected chi connectivity index (χ1v) is 7.09. The van der Waals surface area contributed by atoms with E-state index in [9.17, 15) is 9.59 Å². The molecule has 0 bridgehead atoms. The van der Waals surface area contributed by atoms with Crippen molar-refractivity contribution in [2.45, 2.75) is 6.92 Å². The van der Waals surface area contributed by atoms with Crippen molar-refractivity contribution >= 4 is 33.5 Å². The van der Waals surface area contributed by atoms with Gasteiger partial charge >= 0.3 is 5.97 Å².